The minimum Gasteiger partial charge on any atom is -0.508 e. The molecule has 1 fully saturated rings. The maximum atomic E-state index is 10.2. The first kappa shape index (κ1) is 12.0. The molecule has 1 unspecified atom stereocenters. The Hall–Kier alpha value is -1.06. The Bertz CT molecular complexity index is 576. The van der Waals surface area contributed by atoms with Gasteiger partial charge in [0.15, 0.2) is 0 Å². The zero-order valence-electron chi connectivity index (χ0n) is 10.1. The molecule has 0 saturated carbocycles. The molecule has 0 spiro atoms. The highest BCUT2D eigenvalue weighted by atomic mass is 79.9. The van der Waals surface area contributed by atoms with Gasteiger partial charge in [0.1, 0.15) is 5.75 Å². The van der Waals surface area contributed by atoms with Crippen LogP contribution >= 0.6 is 15.9 Å². The molecule has 3 heteroatoms. The van der Waals surface area contributed by atoms with Crippen LogP contribution in [-0.4, -0.2) is 11.7 Å². The molecule has 2 aromatic carbocycles. The van der Waals surface area contributed by atoms with Crippen LogP contribution in [0.2, 0.25) is 0 Å². The number of aromatic hydroxyl groups is 1. The molecule has 1 aliphatic rings. The zero-order valence-corrected chi connectivity index (χ0v) is 11.7. The molecule has 0 aromatic heterocycles. The summed E-state index contributed by atoms with van der Waals surface area (Å²) in [5, 5.41) is 15.9. The van der Waals surface area contributed by atoms with Crippen LogP contribution in [0.15, 0.2) is 34.8 Å². The van der Waals surface area contributed by atoms with E-state index in [-0.39, 0.29) is 0 Å². The van der Waals surface area contributed by atoms with Crippen molar-refractivity contribution in [1.82, 2.24) is 5.32 Å². The van der Waals surface area contributed by atoms with E-state index in [1.54, 1.807) is 0 Å². The van der Waals surface area contributed by atoms with Gasteiger partial charge in [-0.2, -0.15) is 0 Å². The number of piperidine rings is 1. The topological polar surface area (TPSA) is 32.3 Å². The molecule has 0 amide bonds. The molecule has 1 atom stereocenters. The van der Waals surface area contributed by atoms with E-state index in [0.29, 0.717) is 11.8 Å². The number of fused-ring (bicyclic) bond motifs is 1. The van der Waals surface area contributed by atoms with Gasteiger partial charge >= 0.3 is 0 Å². The number of phenolic OH excluding ortho intramolecular Hbond substituents is 1. The molecule has 3 rings (SSSR count). The van der Waals surface area contributed by atoms with Crippen molar-refractivity contribution in [3.63, 3.8) is 0 Å². The largest absolute Gasteiger partial charge is 0.508 e. The summed E-state index contributed by atoms with van der Waals surface area (Å²) in [4.78, 5) is 0. The molecular formula is C15H16BrNO. The number of halogens is 1. The Morgan fingerprint density at radius 1 is 1.11 bits per heavy atom. The second-order valence-corrected chi connectivity index (χ2v) is 5.82. The van der Waals surface area contributed by atoms with Crippen LogP contribution in [0.25, 0.3) is 10.8 Å². The fourth-order valence-corrected chi connectivity index (χ4v) is 3.05. The second-order valence-electron chi connectivity index (χ2n) is 4.90. The fraction of sp³-hybridized carbons (Fsp3) is 0.333. The fourth-order valence-electron chi connectivity index (χ4n) is 2.67. The molecule has 0 bridgehead atoms. The maximum absolute atomic E-state index is 10.2. The van der Waals surface area contributed by atoms with Gasteiger partial charge in [0.2, 0.25) is 0 Å². The van der Waals surface area contributed by atoms with Crippen molar-refractivity contribution in [2.24, 2.45) is 0 Å². The van der Waals surface area contributed by atoms with Crippen molar-refractivity contribution in [2.45, 2.75) is 25.3 Å². The molecule has 2 nitrogen and oxygen atoms in total. The Labute approximate surface area is 115 Å². The first-order chi connectivity index (χ1) is 8.74. The third-order valence-corrected chi connectivity index (χ3v) is 4.13. The van der Waals surface area contributed by atoms with Gasteiger partial charge in [0, 0.05) is 16.1 Å². The normalized spacial score (nSPS) is 20.2. The van der Waals surface area contributed by atoms with Gasteiger partial charge in [-0.25, -0.2) is 0 Å². The molecule has 0 radical (unpaired) electrons. The summed E-state index contributed by atoms with van der Waals surface area (Å²) in [6.07, 6.45) is 3.57. The SMILES string of the molecule is Oc1cc2ccc(Br)cc2cc1C1CCCCN1. The monoisotopic (exact) mass is 305 g/mol. The Balaban J connectivity index is 2.07. The molecule has 2 aromatic rings. The number of hydrogen-bond donors (Lipinski definition) is 2. The Kier molecular flexibility index (Phi) is 3.27. The van der Waals surface area contributed by atoms with Crippen molar-refractivity contribution in [2.75, 3.05) is 6.54 Å². The quantitative estimate of drug-likeness (QED) is 0.830. The van der Waals surface area contributed by atoms with Crippen molar-refractivity contribution in [1.29, 1.82) is 0 Å². The molecular weight excluding hydrogens is 290 g/mol. The molecule has 1 aliphatic heterocycles. The number of rotatable bonds is 1. The third kappa shape index (κ3) is 2.25. The van der Waals surface area contributed by atoms with Gasteiger partial charge in [-0.15, -0.1) is 0 Å². The van der Waals surface area contributed by atoms with Crippen LogP contribution in [-0.2, 0) is 0 Å². The molecule has 18 heavy (non-hydrogen) atoms. The van der Waals surface area contributed by atoms with E-state index in [4.69, 9.17) is 0 Å². The van der Waals surface area contributed by atoms with E-state index in [2.05, 4.69) is 33.4 Å². The molecule has 1 saturated heterocycles. The average molecular weight is 306 g/mol. The number of benzene rings is 2. The van der Waals surface area contributed by atoms with E-state index >= 15 is 0 Å². The number of nitrogens with one attached hydrogen (secondary N) is 1. The van der Waals surface area contributed by atoms with Gasteiger partial charge in [0.25, 0.3) is 0 Å². The van der Waals surface area contributed by atoms with Gasteiger partial charge < -0.3 is 10.4 Å². The van der Waals surface area contributed by atoms with Crippen LogP contribution in [0.5, 0.6) is 5.75 Å². The smallest absolute Gasteiger partial charge is 0.120 e. The van der Waals surface area contributed by atoms with E-state index in [9.17, 15) is 5.11 Å². The minimum absolute atomic E-state index is 0.294. The van der Waals surface area contributed by atoms with E-state index in [1.807, 2.05) is 18.2 Å². The average Bonchev–Trinajstić information content (AvgIpc) is 2.39. The molecule has 0 aliphatic carbocycles. The van der Waals surface area contributed by atoms with Gasteiger partial charge in [-0.05, 0) is 54.4 Å². The predicted octanol–water partition coefficient (Wildman–Crippen LogP) is 4.12. The summed E-state index contributed by atoms with van der Waals surface area (Å²) in [5.41, 5.74) is 1.03. The lowest BCUT2D eigenvalue weighted by atomic mass is 9.94. The lowest BCUT2D eigenvalue weighted by Gasteiger charge is -2.24. The zero-order chi connectivity index (χ0) is 12.5. The highest BCUT2D eigenvalue weighted by Crippen LogP contribution is 2.34. The van der Waals surface area contributed by atoms with Crippen molar-refractivity contribution in [3.05, 3.63) is 40.4 Å². The summed E-state index contributed by atoms with van der Waals surface area (Å²) >= 11 is 3.49. The van der Waals surface area contributed by atoms with Crippen LogP contribution in [0.3, 0.4) is 0 Å². The summed E-state index contributed by atoms with van der Waals surface area (Å²) in [6, 6.07) is 10.4. The van der Waals surface area contributed by atoms with Crippen LogP contribution in [0, 0.1) is 0 Å². The first-order valence-corrected chi connectivity index (χ1v) is 7.19. The van der Waals surface area contributed by atoms with Crippen molar-refractivity contribution >= 4 is 26.7 Å². The van der Waals surface area contributed by atoms with Crippen LogP contribution in [0.4, 0.5) is 0 Å². The maximum Gasteiger partial charge on any atom is 0.120 e. The summed E-state index contributed by atoms with van der Waals surface area (Å²) in [5.74, 6) is 0.407. The Morgan fingerprint density at radius 3 is 2.78 bits per heavy atom. The lowest BCUT2D eigenvalue weighted by molar-refractivity contribution is 0.391. The van der Waals surface area contributed by atoms with E-state index in [1.165, 1.54) is 18.2 Å². The van der Waals surface area contributed by atoms with Crippen molar-refractivity contribution < 1.29 is 5.11 Å². The van der Waals surface area contributed by atoms with E-state index in [0.717, 1.165) is 28.4 Å². The highest BCUT2D eigenvalue weighted by molar-refractivity contribution is 9.10. The standard InChI is InChI=1S/C15H16BrNO/c16-12-5-4-10-9-15(18)13(8-11(10)7-12)14-3-1-2-6-17-14/h4-5,7-9,14,17-18H,1-3,6H2. The number of phenols is 1. The third-order valence-electron chi connectivity index (χ3n) is 3.63. The minimum atomic E-state index is 0.294. The Morgan fingerprint density at radius 2 is 2.00 bits per heavy atom. The van der Waals surface area contributed by atoms with Gasteiger partial charge in [-0.1, -0.05) is 28.4 Å². The first-order valence-electron chi connectivity index (χ1n) is 6.39. The van der Waals surface area contributed by atoms with Gasteiger partial charge in [0.05, 0.1) is 0 Å². The summed E-state index contributed by atoms with van der Waals surface area (Å²) in [7, 11) is 0. The second kappa shape index (κ2) is 4.90. The molecule has 94 valence electrons. The summed E-state index contributed by atoms with van der Waals surface area (Å²) in [6.45, 7) is 1.04. The van der Waals surface area contributed by atoms with Crippen LogP contribution < -0.4 is 5.32 Å². The number of hydrogen-bond acceptors (Lipinski definition) is 2. The molecule has 2 N–H and O–H groups in total. The predicted molar refractivity (Wildman–Crippen MR) is 77.9 cm³/mol. The lowest BCUT2D eigenvalue weighted by Crippen LogP contribution is -2.26. The highest BCUT2D eigenvalue weighted by Gasteiger charge is 2.18. The summed E-state index contributed by atoms with van der Waals surface area (Å²) < 4.78 is 1.07. The van der Waals surface area contributed by atoms with Crippen molar-refractivity contribution in [3.8, 4) is 5.75 Å². The van der Waals surface area contributed by atoms with Crippen LogP contribution in [0.1, 0.15) is 30.9 Å². The van der Waals surface area contributed by atoms with Gasteiger partial charge in [-0.3, -0.25) is 0 Å². The molecule has 1 heterocycles. The van der Waals surface area contributed by atoms with E-state index < -0.39 is 0 Å².